The SMILES string of the molecule is CN1C(=O)C=C[C@]2(C)[C@H]3CC[C@]4(C)[C@@H](O)/C(=C\c5nccn5C)C[C@H]4[C@@H]3CC[C@@H]12. The summed E-state index contributed by atoms with van der Waals surface area (Å²) in [4.78, 5) is 18.7. The normalized spacial score (nSPS) is 45.3. The average Bonchev–Trinajstić information content (AvgIpc) is 3.20. The summed E-state index contributed by atoms with van der Waals surface area (Å²) in [6.45, 7) is 4.67. The Balaban J connectivity index is 1.49. The second-order valence-electron chi connectivity index (χ2n) is 10.4. The van der Waals surface area contributed by atoms with Crippen molar-refractivity contribution in [2.75, 3.05) is 7.05 Å². The van der Waals surface area contributed by atoms with Gasteiger partial charge < -0.3 is 14.6 Å². The van der Waals surface area contributed by atoms with Crippen LogP contribution in [0.15, 0.2) is 30.1 Å². The number of aromatic nitrogens is 2. The van der Waals surface area contributed by atoms with Gasteiger partial charge in [-0.2, -0.15) is 0 Å². The molecule has 4 aliphatic rings. The number of likely N-dealkylation sites (N-methyl/N-ethyl adjacent to an activating group) is 1. The van der Waals surface area contributed by atoms with Crippen LogP contribution in [-0.4, -0.2) is 44.7 Å². The van der Waals surface area contributed by atoms with Crippen LogP contribution in [0, 0.1) is 28.6 Å². The lowest BCUT2D eigenvalue weighted by atomic mass is 9.48. The molecular formula is C24H33N3O2. The highest BCUT2D eigenvalue weighted by molar-refractivity contribution is 5.89. The van der Waals surface area contributed by atoms with Crippen LogP contribution in [0.5, 0.6) is 0 Å². The lowest BCUT2D eigenvalue weighted by molar-refractivity contribution is -0.140. The van der Waals surface area contributed by atoms with Crippen LogP contribution < -0.4 is 0 Å². The van der Waals surface area contributed by atoms with Crippen molar-refractivity contribution in [1.82, 2.24) is 14.5 Å². The third-order valence-electron chi connectivity index (χ3n) is 9.17. The largest absolute Gasteiger partial charge is 0.388 e. The minimum absolute atomic E-state index is 0.0456. The number of aliphatic hydroxyl groups excluding tert-OH is 1. The Labute approximate surface area is 173 Å². The van der Waals surface area contributed by atoms with E-state index in [1.165, 1.54) is 0 Å². The zero-order valence-corrected chi connectivity index (χ0v) is 18.0. The standard InChI is InChI=1S/C24H33N3O2/c1-23-10-8-21(28)27(4)19(23)6-5-16-17(23)7-9-24(2)18(16)13-15(22(24)29)14-20-25-11-12-26(20)3/h8,10-12,14,16-19,22,29H,5-7,9,13H2,1-4H3/b15-14-/t16-,17+,18+,19-,22+,23-,24+/m1/s1. The molecule has 0 saturated heterocycles. The summed E-state index contributed by atoms with van der Waals surface area (Å²) in [5, 5.41) is 11.3. The van der Waals surface area contributed by atoms with Crippen LogP contribution in [0.1, 0.15) is 51.8 Å². The molecule has 1 amide bonds. The highest BCUT2D eigenvalue weighted by Crippen LogP contribution is 2.64. The second kappa shape index (κ2) is 6.31. The van der Waals surface area contributed by atoms with Gasteiger partial charge in [0.1, 0.15) is 5.82 Å². The van der Waals surface area contributed by atoms with E-state index in [0.29, 0.717) is 23.8 Å². The summed E-state index contributed by atoms with van der Waals surface area (Å²) in [6.07, 6.45) is 14.9. The lowest BCUT2D eigenvalue weighted by Gasteiger charge is -2.59. The van der Waals surface area contributed by atoms with Gasteiger partial charge in [-0.25, -0.2) is 4.98 Å². The van der Waals surface area contributed by atoms with Crippen molar-refractivity contribution < 1.29 is 9.90 Å². The monoisotopic (exact) mass is 395 g/mol. The number of aliphatic hydroxyl groups is 1. The first kappa shape index (κ1) is 19.1. The van der Waals surface area contributed by atoms with Crippen LogP contribution in [0.3, 0.4) is 0 Å². The summed E-state index contributed by atoms with van der Waals surface area (Å²) < 4.78 is 2.01. The van der Waals surface area contributed by atoms with Gasteiger partial charge in [-0.05, 0) is 67.6 Å². The number of hydrogen-bond donors (Lipinski definition) is 1. The van der Waals surface area contributed by atoms with Crippen molar-refractivity contribution in [3.8, 4) is 0 Å². The summed E-state index contributed by atoms with van der Waals surface area (Å²) in [7, 11) is 3.97. The van der Waals surface area contributed by atoms with Crippen molar-refractivity contribution in [2.24, 2.45) is 35.6 Å². The molecule has 1 aromatic heterocycles. The van der Waals surface area contributed by atoms with Gasteiger partial charge in [0.25, 0.3) is 0 Å². The highest BCUT2D eigenvalue weighted by atomic mass is 16.3. The van der Waals surface area contributed by atoms with Gasteiger partial charge in [0.05, 0.1) is 6.10 Å². The molecule has 7 atom stereocenters. The van der Waals surface area contributed by atoms with E-state index in [1.807, 2.05) is 36.0 Å². The molecule has 3 fully saturated rings. The number of fused-ring (bicyclic) bond motifs is 5. The van der Waals surface area contributed by atoms with Crippen molar-refractivity contribution in [2.45, 2.75) is 58.1 Å². The molecular weight excluding hydrogens is 362 g/mol. The van der Waals surface area contributed by atoms with E-state index >= 15 is 0 Å². The van der Waals surface area contributed by atoms with Crippen LogP contribution in [-0.2, 0) is 11.8 Å². The highest BCUT2D eigenvalue weighted by Gasteiger charge is 2.61. The predicted molar refractivity (Wildman–Crippen MR) is 113 cm³/mol. The number of aryl methyl sites for hydroxylation is 1. The Morgan fingerprint density at radius 3 is 2.72 bits per heavy atom. The molecule has 3 saturated carbocycles. The van der Waals surface area contributed by atoms with Crippen molar-refractivity contribution in [3.63, 3.8) is 0 Å². The van der Waals surface area contributed by atoms with Gasteiger partial charge in [0.2, 0.25) is 5.91 Å². The first-order valence-corrected chi connectivity index (χ1v) is 11.1. The molecule has 156 valence electrons. The molecule has 1 aromatic rings. The minimum Gasteiger partial charge on any atom is -0.388 e. The first-order chi connectivity index (χ1) is 13.8. The van der Waals surface area contributed by atoms with Gasteiger partial charge in [-0.1, -0.05) is 19.9 Å². The maximum absolute atomic E-state index is 12.2. The Hall–Kier alpha value is -1.88. The molecule has 0 spiro atoms. The molecule has 5 rings (SSSR count). The Morgan fingerprint density at radius 2 is 2.00 bits per heavy atom. The number of rotatable bonds is 1. The summed E-state index contributed by atoms with van der Waals surface area (Å²) >= 11 is 0. The zero-order chi connectivity index (χ0) is 20.6. The molecule has 5 heteroatoms. The predicted octanol–water partition coefficient (Wildman–Crippen LogP) is 3.41. The van der Waals surface area contributed by atoms with E-state index in [4.69, 9.17) is 0 Å². The maximum atomic E-state index is 12.2. The lowest BCUT2D eigenvalue weighted by Crippen LogP contribution is -2.59. The molecule has 1 N–H and O–H groups in total. The van der Waals surface area contributed by atoms with Crippen LogP contribution in [0.25, 0.3) is 6.08 Å². The van der Waals surface area contributed by atoms with Crippen molar-refractivity contribution >= 4 is 12.0 Å². The molecule has 0 aromatic carbocycles. The van der Waals surface area contributed by atoms with E-state index in [1.54, 1.807) is 6.08 Å². The zero-order valence-electron chi connectivity index (χ0n) is 18.0. The third-order valence-corrected chi connectivity index (χ3v) is 9.17. The number of nitrogens with zero attached hydrogens (tertiary/aromatic N) is 3. The summed E-state index contributed by atoms with van der Waals surface area (Å²) in [5.41, 5.74) is 1.14. The fourth-order valence-corrected chi connectivity index (χ4v) is 7.42. The smallest absolute Gasteiger partial charge is 0.246 e. The molecule has 1 aliphatic heterocycles. The number of imidazole rings is 1. The summed E-state index contributed by atoms with van der Waals surface area (Å²) in [6, 6.07) is 0.305. The third kappa shape index (κ3) is 2.56. The number of amides is 1. The Bertz CT molecular complexity index is 902. The van der Waals surface area contributed by atoms with E-state index in [9.17, 15) is 9.90 Å². The van der Waals surface area contributed by atoms with E-state index in [0.717, 1.165) is 43.5 Å². The van der Waals surface area contributed by atoms with Crippen LogP contribution >= 0.6 is 0 Å². The molecule has 29 heavy (non-hydrogen) atoms. The molecule has 0 bridgehead atoms. The van der Waals surface area contributed by atoms with E-state index in [2.05, 4.69) is 31.0 Å². The number of carbonyl (C=O) groups excluding carboxylic acids is 1. The van der Waals surface area contributed by atoms with Crippen molar-refractivity contribution in [3.05, 3.63) is 35.9 Å². The maximum Gasteiger partial charge on any atom is 0.246 e. The van der Waals surface area contributed by atoms with Gasteiger partial charge in [0, 0.05) is 43.4 Å². The average molecular weight is 396 g/mol. The van der Waals surface area contributed by atoms with E-state index < -0.39 is 0 Å². The van der Waals surface area contributed by atoms with Crippen LogP contribution in [0.2, 0.25) is 0 Å². The molecule has 3 aliphatic carbocycles. The fraction of sp³-hybridized carbons (Fsp3) is 0.667. The molecule has 2 heterocycles. The fourth-order valence-electron chi connectivity index (χ4n) is 7.42. The van der Waals surface area contributed by atoms with Gasteiger partial charge in [-0.3, -0.25) is 4.79 Å². The molecule has 0 unspecified atom stereocenters. The molecule has 5 nitrogen and oxygen atoms in total. The quantitative estimate of drug-likeness (QED) is 0.793. The second-order valence-corrected chi connectivity index (χ2v) is 10.4. The number of carbonyl (C=O) groups is 1. The first-order valence-electron chi connectivity index (χ1n) is 11.1. The Morgan fingerprint density at radius 1 is 1.21 bits per heavy atom. The summed E-state index contributed by atoms with van der Waals surface area (Å²) in [5.74, 6) is 2.73. The van der Waals surface area contributed by atoms with Gasteiger partial charge in [0.15, 0.2) is 0 Å². The van der Waals surface area contributed by atoms with Gasteiger partial charge in [-0.15, -0.1) is 0 Å². The van der Waals surface area contributed by atoms with Gasteiger partial charge >= 0.3 is 0 Å². The number of hydrogen-bond acceptors (Lipinski definition) is 3. The minimum atomic E-state index is -0.387. The van der Waals surface area contributed by atoms with Crippen molar-refractivity contribution in [1.29, 1.82) is 0 Å². The van der Waals surface area contributed by atoms with E-state index in [-0.39, 0.29) is 22.8 Å². The molecule has 0 radical (unpaired) electrons. The van der Waals surface area contributed by atoms with Crippen LogP contribution in [0.4, 0.5) is 0 Å². The Kier molecular flexibility index (Phi) is 4.16. The topological polar surface area (TPSA) is 58.4 Å².